The molecule has 0 aliphatic rings. The van der Waals surface area contributed by atoms with Gasteiger partial charge in [0.05, 0.1) is 16.2 Å². The van der Waals surface area contributed by atoms with Crippen molar-refractivity contribution in [3.05, 3.63) is 56.3 Å². The fourth-order valence-electron chi connectivity index (χ4n) is 2.21. The number of anilines is 1. The van der Waals surface area contributed by atoms with E-state index in [9.17, 15) is 24.5 Å². The molecular formula is C18H18N2O6S. The summed E-state index contributed by atoms with van der Waals surface area (Å²) in [5.74, 6) is -1.55. The average molecular weight is 390 g/mol. The van der Waals surface area contributed by atoms with E-state index < -0.39 is 22.9 Å². The first-order valence-corrected chi connectivity index (χ1v) is 8.93. The summed E-state index contributed by atoms with van der Waals surface area (Å²) in [4.78, 5) is 47.9. The summed E-state index contributed by atoms with van der Waals surface area (Å²) in [6.45, 7) is 3.24. The number of hydrogen-bond acceptors (Lipinski definition) is 7. The maximum Gasteiger partial charge on any atom is 0.307 e. The highest BCUT2D eigenvalue weighted by Crippen LogP contribution is 2.23. The number of rotatable bonds is 8. The summed E-state index contributed by atoms with van der Waals surface area (Å²) in [5.41, 5.74) is -0.250. The first-order valence-electron chi connectivity index (χ1n) is 8.11. The van der Waals surface area contributed by atoms with Crippen molar-refractivity contribution >= 4 is 40.4 Å². The zero-order chi connectivity index (χ0) is 20.0. The van der Waals surface area contributed by atoms with Crippen LogP contribution in [0.1, 0.15) is 34.3 Å². The third kappa shape index (κ3) is 5.71. The Labute approximate surface area is 159 Å². The number of nitro benzene ring substituents is 1. The maximum absolute atomic E-state index is 12.1. The lowest BCUT2D eigenvalue weighted by atomic mass is 10.2. The van der Waals surface area contributed by atoms with Crippen LogP contribution in [-0.4, -0.2) is 28.7 Å². The lowest BCUT2D eigenvalue weighted by molar-refractivity contribution is -0.383. The van der Waals surface area contributed by atoms with Crippen molar-refractivity contribution in [3.63, 3.8) is 0 Å². The molecule has 0 saturated carbocycles. The molecule has 0 radical (unpaired) electrons. The van der Waals surface area contributed by atoms with E-state index in [-0.39, 0.29) is 30.0 Å². The topological polar surface area (TPSA) is 116 Å². The van der Waals surface area contributed by atoms with Gasteiger partial charge in [-0.25, -0.2) is 0 Å². The van der Waals surface area contributed by atoms with Crippen molar-refractivity contribution in [3.8, 4) is 0 Å². The number of benzene rings is 1. The summed E-state index contributed by atoms with van der Waals surface area (Å²) < 4.78 is 5.01. The van der Waals surface area contributed by atoms with E-state index in [4.69, 9.17) is 4.74 Å². The van der Waals surface area contributed by atoms with Crippen molar-refractivity contribution < 1.29 is 24.0 Å². The fourth-order valence-corrected chi connectivity index (χ4v) is 3.04. The summed E-state index contributed by atoms with van der Waals surface area (Å²) in [6, 6.07) is 9.18. The number of amides is 1. The summed E-state index contributed by atoms with van der Waals surface area (Å²) in [5, 5.41) is 13.3. The first kappa shape index (κ1) is 20.2. The predicted octanol–water partition coefficient (Wildman–Crippen LogP) is 3.50. The Bertz CT molecular complexity index is 876. The maximum atomic E-state index is 12.1. The van der Waals surface area contributed by atoms with Gasteiger partial charge in [-0.3, -0.25) is 24.5 Å². The van der Waals surface area contributed by atoms with Crippen molar-refractivity contribution in [1.29, 1.82) is 0 Å². The summed E-state index contributed by atoms with van der Waals surface area (Å²) in [6.07, 6.45) is -1.33. The lowest BCUT2D eigenvalue weighted by Gasteiger charge is -2.13. The molecule has 1 aromatic heterocycles. The molecule has 27 heavy (non-hydrogen) atoms. The highest BCUT2D eigenvalue weighted by atomic mass is 32.1. The lowest BCUT2D eigenvalue weighted by Crippen LogP contribution is -2.30. The predicted molar refractivity (Wildman–Crippen MR) is 99.9 cm³/mol. The number of thiophene rings is 1. The van der Waals surface area contributed by atoms with Crippen molar-refractivity contribution in [2.45, 2.75) is 32.8 Å². The number of hydrogen-bond donors (Lipinski definition) is 1. The molecule has 1 atom stereocenters. The van der Waals surface area contributed by atoms with Crippen LogP contribution in [0.2, 0.25) is 0 Å². The third-order valence-corrected chi connectivity index (χ3v) is 4.65. The van der Waals surface area contributed by atoms with Crippen LogP contribution in [-0.2, 0) is 14.3 Å². The standard InChI is InChI=1S/C18H18N2O6S/c1-11-7-9-16(27-11)15(21)8-10-17(22)26-12(2)18(23)19-13-5-3-4-6-14(13)20(24)25/h3-7,9,12H,8,10H2,1-2H3,(H,19,23)/t12-/m0/s1. The smallest absolute Gasteiger partial charge is 0.307 e. The van der Waals surface area contributed by atoms with Gasteiger partial charge in [-0.15, -0.1) is 11.3 Å². The number of ether oxygens (including phenoxy) is 1. The molecule has 1 amide bonds. The van der Waals surface area contributed by atoms with Crippen molar-refractivity contribution in [1.82, 2.24) is 0 Å². The van der Waals surface area contributed by atoms with E-state index >= 15 is 0 Å². The Hall–Kier alpha value is -3.07. The molecule has 9 heteroatoms. The number of nitrogens with zero attached hydrogens (tertiary/aromatic N) is 1. The Balaban J connectivity index is 1.86. The molecule has 142 valence electrons. The minimum atomic E-state index is -1.16. The highest BCUT2D eigenvalue weighted by Gasteiger charge is 2.22. The van der Waals surface area contributed by atoms with E-state index in [2.05, 4.69) is 5.32 Å². The van der Waals surface area contributed by atoms with E-state index in [0.717, 1.165) is 4.88 Å². The summed E-state index contributed by atoms with van der Waals surface area (Å²) >= 11 is 1.35. The van der Waals surface area contributed by atoms with Crippen molar-refractivity contribution in [2.75, 3.05) is 5.32 Å². The van der Waals surface area contributed by atoms with Gasteiger partial charge in [-0.1, -0.05) is 12.1 Å². The van der Waals surface area contributed by atoms with Gasteiger partial charge in [0.1, 0.15) is 5.69 Å². The number of Topliss-reactive ketones (excluding diaryl/α,β-unsaturated/α-hetero) is 1. The third-order valence-electron chi connectivity index (χ3n) is 3.61. The molecule has 0 aliphatic carbocycles. The van der Waals surface area contributed by atoms with Crippen LogP contribution < -0.4 is 5.32 Å². The number of esters is 1. The van der Waals surface area contributed by atoms with Crippen LogP contribution in [0.25, 0.3) is 0 Å². The zero-order valence-corrected chi connectivity index (χ0v) is 15.6. The van der Waals surface area contributed by atoms with Crippen LogP contribution in [0.3, 0.4) is 0 Å². The van der Waals surface area contributed by atoms with Gasteiger partial charge in [0, 0.05) is 17.4 Å². The number of para-hydroxylation sites is 2. The average Bonchev–Trinajstić information content (AvgIpc) is 3.06. The van der Waals surface area contributed by atoms with Crippen molar-refractivity contribution in [2.24, 2.45) is 0 Å². The molecule has 8 nitrogen and oxygen atoms in total. The van der Waals surface area contributed by atoms with Gasteiger partial charge in [0.15, 0.2) is 11.9 Å². The number of nitrogens with one attached hydrogen (secondary N) is 1. The summed E-state index contributed by atoms with van der Waals surface area (Å²) in [7, 11) is 0. The van der Waals surface area contributed by atoms with E-state index in [0.29, 0.717) is 4.88 Å². The molecule has 0 saturated heterocycles. The molecule has 0 spiro atoms. The Morgan fingerprint density at radius 2 is 1.89 bits per heavy atom. The van der Waals surface area contributed by atoms with Crippen LogP contribution in [0, 0.1) is 17.0 Å². The Morgan fingerprint density at radius 3 is 2.52 bits per heavy atom. The molecule has 2 rings (SSSR count). The van der Waals surface area contributed by atoms with Crippen LogP contribution in [0.5, 0.6) is 0 Å². The van der Waals surface area contributed by atoms with Gasteiger partial charge in [-0.05, 0) is 32.0 Å². The molecule has 0 bridgehead atoms. The fraction of sp³-hybridized carbons (Fsp3) is 0.278. The molecule has 2 aromatic rings. The van der Waals surface area contributed by atoms with Gasteiger partial charge in [-0.2, -0.15) is 0 Å². The Morgan fingerprint density at radius 1 is 1.19 bits per heavy atom. The van der Waals surface area contributed by atoms with Crippen LogP contribution in [0.15, 0.2) is 36.4 Å². The van der Waals surface area contributed by atoms with E-state index in [1.54, 1.807) is 6.07 Å². The number of nitro groups is 1. The largest absolute Gasteiger partial charge is 0.453 e. The van der Waals surface area contributed by atoms with Gasteiger partial charge in [0.25, 0.3) is 11.6 Å². The number of aryl methyl sites for hydroxylation is 1. The second-order valence-corrected chi connectivity index (χ2v) is 7.02. The number of carbonyl (C=O) groups excluding carboxylic acids is 3. The monoisotopic (exact) mass is 390 g/mol. The number of ketones is 1. The molecular weight excluding hydrogens is 372 g/mol. The van der Waals surface area contributed by atoms with E-state index in [1.165, 1.54) is 42.5 Å². The normalized spacial score (nSPS) is 11.5. The second-order valence-electron chi connectivity index (χ2n) is 5.73. The first-order chi connectivity index (χ1) is 12.8. The van der Waals surface area contributed by atoms with Gasteiger partial charge < -0.3 is 10.1 Å². The molecule has 0 unspecified atom stereocenters. The van der Waals surface area contributed by atoms with E-state index in [1.807, 2.05) is 13.0 Å². The van der Waals surface area contributed by atoms with Crippen LogP contribution in [0.4, 0.5) is 11.4 Å². The Kier molecular flexibility index (Phi) is 6.78. The quantitative estimate of drug-likeness (QED) is 0.319. The molecule has 1 N–H and O–H groups in total. The second kappa shape index (κ2) is 9.04. The molecule has 0 aliphatic heterocycles. The highest BCUT2D eigenvalue weighted by molar-refractivity contribution is 7.14. The molecule has 0 fully saturated rings. The van der Waals surface area contributed by atoms with Crippen LogP contribution >= 0.6 is 11.3 Å². The SMILES string of the molecule is Cc1ccc(C(=O)CCC(=O)O[C@@H](C)C(=O)Nc2ccccc2[N+](=O)[O-])s1. The molecule has 1 heterocycles. The zero-order valence-electron chi connectivity index (χ0n) is 14.8. The van der Waals surface area contributed by atoms with Gasteiger partial charge in [0.2, 0.25) is 0 Å². The number of carbonyl (C=O) groups is 3. The molecule has 1 aromatic carbocycles. The minimum Gasteiger partial charge on any atom is -0.453 e. The van der Waals surface area contributed by atoms with Gasteiger partial charge >= 0.3 is 5.97 Å². The minimum absolute atomic E-state index is 0.0126.